The van der Waals surface area contributed by atoms with Crippen molar-refractivity contribution >= 4 is 17.2 Å². The molecule has 3 rings (SSSR count). The fourth-order valence-corrected chi connectivity index (χ4v) is 5.00. The van der Waals surface area contributed by atoms with E-state index in [9.17, 15) is 9.90 Å². The lowest BCUT2D eigenvalue weighted by molar-refractivity contribution is -0.136. The van der Waals surface area contributed by atoms with Crippen molar-refractivity contribution in [3.63, 3.8) is 0 Å². The third-order valence-corrected chi connectivity index (χ3v) is 6.86. The zero-order valence-electron chi connectivity index (χ0n) is 19.0. The smallest absolute Gasteiger partial charge is 0.237 e. The molecule has 1 aromatic carbocycles. The molecule has 1 aliphatic heterocycles. The number of methoxy groups -OCH3 is 1. The quantitative estimate of drug-likeness (QED) is 0.489. The number of hydrogen-bond acceptors (Lipinski definition) is 6. The molecule has 174 valence electrons. The molecule has 0 fully saturated rings. The summed E-state index contributed by atoms with van der Waals surface area (Å²) in [6.07, 6.45) is 3.63. The van der Waals surface area contributed by atoms with Gasteiger partial charge in [0, 0.05) is 18.0 Å². The number of aliphatic hydroxyl groups excluding tert-OH is 1. The number of benzene rings is 1. The number of rotatable bonds is 12. The Morgan fingerprint density at radius 3 is 2.88 bits per heavy atom. The van der Waals surface area contributed by atoms with Crippen LogP contribution >= 0.6 is 11.3 Å². The van der Waals surface area contributed by atoms with E-state index in [1.165, 1.54) is 10.4 Å². The molecule has 2 aromatic rings. The average molecular weight is 459 g/mol. The van der Waals surface area contributed by atoms with E-state index in [0.717, 1.165) is 12.8 Å². The van der Waals surface area contributed by atoms with Crippen molar-refractivity contribution in [3.05, 3.63) is 58.8 Å². The average Bonchev–Trinajstić information content (AvgIpc) is 3.30. The fourth-order valence-electron chi connectivity index (χ4n) is 4.07. The molecule has 1 aliphatic rings. The molecule has 6 nitrogen and oxygen atoms in total. The second-order valence-electron chi connectivity index (χ2n) is 7.96. The Hall–Kier alpha value is -2.35. The maximum absolute atomic E-state index is 13.3. The standard InChI is InChI=1S/C25H34N2O4S/c1-4-6-9-19(28)16-26(5-2)17-25(29)27-14-12-24-20(13-15-32-24)21(27)18-31-23-11-8-7-10-22(23)30-3/h4,7-8,10-11,13,15,19,21,28H,1,5-6,9,12,14,16-18H2,2-3H3/t19-,21+/m0/s1. The number of nitrogens with zero attached hydrogens (tertiary/aromatic N) is 2. The predicted molar refractivity (Wildman–Crippen MR) is 129 cm³/mol. The molecule has 2 atom stereocenters. The number of hydrogen-bond donors (Lipinski definition) is 1. The molecule has 7 heteroatoms. The maximum atomic E-state index is 13.3. The van der Waals surface area contributed by atoms with Crippen LogP contribution in [0.15, 0.2) is 48.4 Å². The van der Waals surface area contributed by atoms with Crippen molar-refractivity contribution in [1.82, 2.24) is 9.80 Å². The van der Waals surface area contributed by atoms with Gasteiger partial charge in [0.05, 0.1) is 25.8 Å². The molecule has 0 bridgehead atoms. The van der Waals surface area contributed by atoms with Crippen LogP contribution in [0.3, 0.4) is 0 Å². The highest BCUT2D eigenvalue weighted by Gasteiger charge is 2.33. The second-order valence-corrected chi connectivity index (χ2v) is 8.96. The van der Waals surface area contributed by atoms with Crippen LogP contribution in [0.5, 0.6) is 11.5 Å². The molecule has 2 heterocycles. The van der Waals surface area contributed by atoms with Crippen LogP contribution in [0.25, 0.3) is 0 Å². The van der Waals surface area contributed by atoms with Gasteiger partial charge in [0.2, 0.25) is 5.91 Å². The number of fused-ring (bicyclic) bond motifs is 1. The topological polar surface area (TPSA) is 62.2 Å². The van der Waals surface area contributed by atoms with Crippen LogP contribution in [0.1, 0.15) is 36.2 Å². The molecule has 0 unspecified atom stereocenters. The first-order chi connectivity index (χ1) is 15.6. The normalized spacial score (nSPS) is 16.5. The number of thiophene rings is 1. The number of para-hydroxylation sites is 2. The minimum atomic E-state index is -0.463. The molecule has 0 radical (unpaired) electrons. The SMILES string of the molecule is C=CCC[C@H](O)CN(CC)CC(=O)N1CCc2sccc2[C@H]1COc1ccccc1OC. The Bertz CT molecular complexity index is 884. The van der Waals surface area contributed by atoms with Crippen molar-refractivity contribution in [2.24, 2.45) is 0 Å². The van der Waals surface area contributed by atoms with Crippen LogP contribution in [-0.4, -0.2) is 66.8 Å². The van der Waals surface area contributed by atoms with E-state index in [4.69, 9.17) is 9.47 Å². The van der Waals surface area contributed by atoms with Gasteiger partial charge < -0.3 is 19.5 Å². The number of ether oxygens (including phenoxy) is 2. The molecule has 1 N–H and O–H groups in total. The van der Waals surface area contributed by atoms with Gasteiger partial charge in [-0.1, -0.05) is 25.1 Å². The zero-order valence-corrected chi connectivity index (χ0v) is 19.9. The number of aliphatic hydroxyl groups is 1. The van der Waals surface area contributed by atoms with Gasteiger partial charge in [0.1, 0.15) is 6.61 Å². The van der Waals surface area contributed by atoms with Gasteiger partial charge in [-0.25, -0.2) is 0 Å². The monoisotopic (exact) mass is 458 g/mol. The Morgan fingerprint density at radius 2 is 2.16 bits per heavy atom. The molecule has 1 amide bonds. The minimum Gasteiger partial charge on any atom is -0.493 e. The zero-order chi connectivity index (χ0) is 22.9. The van der Waals surface area contributed by atoms with E-state index >= 15 is 0 Å². The number of allylic oxidation sites excluding steroid dienone is 1. The number of carbonyl (C=O) groups is 1. The summed E-state index contributed by atoms with van der Waals surface area (Å²) in [6.45, 7) is 8.23. The molecular weight excluding hydrogens is 424 g/mol. The highest BCUT2D eigenvalue weighted by atomic mass is 32.1. The Kier molecular flexibility index (Phi) is 9.14. The van der Waals surface area contributed by atoms with Crippen LogP contribution < -0.4 is 9.47 Å². The number of likely N-dealkylation sites (N-methyl/N-ethyl adjacent to an activating group) is 1. The summed E-state index contributed by atoms with van der Waals surface area (Å²) < 4.78 is 11.5. The van der Waals surface area contributed by atoms with E-state index in [1.54, 1.807) is 18.4 Å². The van der Waals surface area contributed by atoms with E-state index < -0.39 is 6.10 Å². The van der Waals surface area contributed by atoms with Crippen molar-refractivity contribution in [2.75, 3.05) is 39.9 Å². The Balaban J connectivity index is 1.70. The van der Waals surface area contributed by atoms with Gasteiger partial charge in [-0.2, -0.15) is 0 Å². The molecule has 0 saturated heterocycles. The van der Waals surface area contributed by atoms with Gasteiger partial charge in [-0.3, -0.25) is 9.69 Å². The summed E-state index contributed by atoms with van der Waals surface area (Å²) >= 11 is 1.74. The van der Waals surface area contributed by atoms with Crippen molar-refractivity contribution < 1.29 is 19.4 Å². The first-order valence-electron chi connectivity index (χ1n) is 11.2. The van der Waals surface area contributed by atoms with E-state index in [0.29, 0.717) is 44.2 Å². The fraction of sp³-hybridized carbons (Fsp3) is 0.480. The van der Waals surface area contributed by atoms with E-state index in [2.05, 4.69) is 18.0 Å². The first kappa shape index (κ1) is 24.3. The number of carbonyl (C=O) groups excluding carboxylic acids is 1. The van der Waals surface area contributed by atoms with Gasteiger partial charge in [0.25, 0.3) is 0 Å². The van der Waals surface area contributed by atoms with Gasteiger partial charge in [-0.15, -0.1) is 17.9 Å². The minimum absolute atomic E-state index is 0.0632. The first-order valence-corrected chi connectivity index (χ1v) is 12.1. The Morgan fingerprint density at radius 1 is 1.38 bits per heavy atom. The van der Waals surface area contributed by atoms with Gasteiger partial charge >= 0.3 is 0 Å². The predicted octanol–water partition coefficient (Wildman–Crippen LogP) is 3.91. The molecule has 0 saturated carbocycles. The third-order valence-electron chi connectivity index (χ3n) is 5.86. The summed E-state index contributed by atoms with van der Waals surface area (Å²) in [7, 11) is 1.62. The van der Waals surface area contributed by atoms with Crippen LogP contribution in [0.4, 0.5) is 0 Å². The van der Waals surface area contributed by atoms with Crippen LogP contribution in [0.2, 0.25) is 0 Å². The molecule has 0 aliphatic carbocycles. The Labute approximate surface area is 195 Å². The van der Waals surface area contributed by atoms with E-state index in [1.807, 2.05) is 47.1 Å². The van der Waals surface area contributed by atoms with Gasteiger partial charge in [-0.05, 0) is 54.9 Å². The second kappa shape index (κ2) is 12.0. The lowest BCUT2D eigenvalue weighted by Crippen LogP contribution is -2.47. The summed E-state index contributed by atoms with van der Waals surface area (Å²) in [5, 5.41) is 12.4. The number of amides is 1. The molecule has 32 heavy (non-hydrogen) atoms. The largest absolute Gasteiger partial charge is 0.493 e. The molecule has 1 aromatic heterocycles. The summed E-state index contributed by atoms with van der Waals surface area (Å²) in [6, 6.07) is 9.52. The van der Waals surface area contributed by atoms with E-state index in [-0.39, 0.29) is 18.5 Å². The lowest BCUT2D eigenvalue weighted by Gasteiger charge is -2.37. The molecule has 0 spiro atoms. The third kappa shape index (κ3) is 6.12. The van der Waals surface area contributed by atoms with Crippen molar-refractivity contribution in [3.8, 4) is 11.5 Å². The maximum Gasteiger partial charge on any atom is 0.237 e. The highest BCUT2D eigenvalue weighted by Crippen LogP contribution is 2.35. The van der Waals surface area contributed by atoms with Crippen LogP contribution in [0, 0.1) is 0 Å². The van der Waals surface area contributed by atoms with Gasteiger partial charge in [0.15, 0.2) is 11.5 Å². The summed E-state index contributed by atoms with van der Waals surface area (Å²) in [5.74, 6) is 1.41. The lowest BCUT2D eigenvalue weighted by atomic mass is 10.0. The van der Waals surface area contributed by atoms with Crippen molar-refractivity contribution in [1.29, 1.82) is 0 Å². The highest BCUT2D eigenvalue weighted by molar-refractivity contribution is 7.10. The molecular formula is C25H34N2O4S. The van der Waals surface area contributed by atoms with Crippen LogP contribution in [-0.2, 0) is 11.2 Å². The summed E-state index contributed by atoms with van der Waals surface area (Å²) in [4.78, 5) is 18.6. The summed E-state index contributed by atoms with van der Waals surface area (Å²) in [5.41, 5.74) is 1.17. The van der Waals surface area contributed by atoms with Crippen molar-refractivity contribution in [2.45, 2.75) is 38.3 Å².